The number of aromatic nitrogens is 2. The predicted molar refractivity (Wildman–Crippen MR) is 214 cm³/mol. The van der Waals surface area contributed by atoms with Gasteiger partial charge >= 0.3 is 0 Å². The molecule has 6 aromatic carbocycles. The normalized spacial score (nSPS) is 11.1. The van der Waals surface area contributed by atoms with Gasteiger partial charge in [0.15, 0.2) is 11.6 Å². The Balaban J connectivity index is 1.16. The molecular formula is C44H27FN2O3S3. The molecule has 0 N–H and O–H groups in total. The van der Waals surface area contributed by atoms with Gasteiger partial charge in [-0.25, -0.2) is 4.39 Å². The van der Waals surface area contributed by atoms with Gasteiger partial charge < -0.3 is 14.2 Å². The summed E-state index contributed by atoms with van der Waals surface area (Å²) in [5, 5.41) is 0. The van der Waals surface area contributed by atoms with Crippen molar-refractivity contribution in [3.63, 3.8) is 0 Å². The molecule has 0 saturated heterocycles. The third kappa shape index (κ3) is 6.58. The van der Waals surface area contributed by atoms with Crippen LogP contribution in [-0.2, 0) is 0 Å². The van der Waals surface area contributed by atoms with Crippen LogP contribution in [0.3, 0.4) is 0 Å². The fourth-order valence-electron chi connectivity index (χ4n) is 6.09. The summed E-state index contributed by atoms with van der Waals surface area (Å²) in [6, 6.07) is 52.3. The van der Waals surface area contributed by atoms with Crippen molar-refractivity contribution in [2.45, 2.75) is 0 Å². The molecule has 0 fully saturated rings. The lowest BCUT2D eigenvalue weighted by atomic mass is 10.0. The molecule has 5 nitrogen and oxygen atoms in total. The number of rotatable bonds is 10. The van der Waals surface area contributed by atoms with Crippen LogP contribution in [0.15, 0.2) is 164 Å². The zero-order valence-electron chi connectivity index (χ0n) is 27.8. The van der Waals surface area contributed by atoms with Crippen LogP contribution in [0, 0.1) is 5.82 Å². The van der Waals surface area contributed by atoms with Crippen molar-refractivity contribution in [2.75, 3.05) is 0 Å². The van der Waals surface area contributed by atoms with Gasteiger partial charge in [-0.1, -0.05) is 78.9 Å². The van der Waals surface area contributed by atoms with E-state index in [2.05, 4.69) is 4.37 Å². The molecule has 0 bridgehead atoms. The summed E-state index contributed by atoms with van der Waals surface area (Å²) in [4.78, 5) is 3.38. The minimum absolute atomic E-state index is 0.0939. The molecule has 0 saturated carbocycles. The summed E-state index contributed by atoms with van der Waals surface area (Å²) in [5.41, 5.74) is 3.77. The number of ether oxygens (including phenoxy) is 3. The first-order chi connectivity index (χ1) is 26.2. The second-order valence-corrected chi connectivity index (χ2v) is 14.6. The highest BCUT2D eigenvalue weighted by Crippen LogP contribution is 2.51. The Morgan fingerprint density at radius 1 is 0.396 bits per heavy atom. The number of nitrogens with zero attached hydrogens (tertiary/aromatic N) is 2. The molecule has 3 heterocycles. The molecule has 0 amide bonds. The molecule has 256 valence electrons. The topological polar surface area (TPSA) is 53.5 Å². The number of hydrogen-bond donors (Lipinski definition) is 0. The zero-order chi connectivity index (χ0) is 35.6. The Labute approximate surface area is 317 Å². The highest BCUT2D eigenvalue weighted by molar-refractivity contribution is 7.19. The Morgan fingerprint density at radius 2 is 0.792 bits per heavy atom. The van der Waals surface area contributed by atoms with Gasteiger partial charge in [-0.05, 0) is 84.9 Å². The molecule has 0 aliphatic carbocycles. The lowest BCUT2D eigenvalue weighted by Crippen LogP contribution is -1.96. The van der Waals surface area contributed by atoms with Crippen LogP contribution in [0.4, 0.5) is 4.39 Å². The highest BCUT2D eigenvalue weighted by atomic mass is 32.1. The van der Waals surface area contributed by atoms with Crippen LogP contribution < -0.4 is 14.2 Å². The molecule has 3 aromatic heterocycles. The number of hydrogen-bond acceptors (Lipinski definition) is 8. The SMILES string of the molecule is Fc1c(Oc2ccccc2)c(-c2ccc(-c3ccccc3Oc3ccccc3)s2)c2nsnc2c1-c1ccc(-c2ccccc2Oc2ccccc2)s1. The van der Waals surface area contributed by atoms with Gasteiger partial charge in [-0.15, -0.1) is 22.7 Å². The van der Waals surface area contributed by atoms with Gasteiger partial charge in [0.1, 0.15) is 39.8 Å². The third-order valence-corrected chi connectivity index (χ3v) is 11.3. The first kappa shape index (κ1) is 32.8. The standard InChI is InChI=1S/C44H27FN2O3S3/c45-41-39(37-26-24-35(51-37)31-20-10-12-22-33(31)48-28-14-4-1-5-15-28)42-43(47-53-46-42)40(44(41)50-30-18-8-3-9-19-30)38-27-25-36(52-38)32-21-11-13-23-34(32)49-29-16-6-2-7-17-29/h1-27H. The molecule has 0 spiro atoms. The minimum atomic E-state index is -0.506. The highest BCUT2D eigenvalue weighted by Gasteiger charge is 2.29. The number of halogens is 1. The van der Waals surface area contributed by atoms with E-state index in [9.17, 15) is 0 Å². The van der Waals surface area contributed by atoms with Crippen molar-refractivity contribution in [2.24, 2.45) is 0 Å². The summed E-state index contributed by atoms with van der Waals surface area (Å²) >= 11 is 4.04. The van der Waals surface area contributed by atoms with Crippen molar-refractivity contribution in [3.8, 4) is 76.3 Å². The molecule has 0 atom stereocenters. The van der Waals surface area contributed by atoms with Gasteiger partial charge in [0.2, 0.25) is 0 Å². The summed E-state index contributed by atoms with van der Waals surface area (Å²) in [7, 11) is 0. The Morgan fingerprint density at radius 3 is 1.30 bits per heavy atom. The number of para-hydroxylation sites is 5. The summed E-state index contributed by atoms with van der Waals surface area (Å²) in [5.74, 6) is 3.01. The van der Waals surface area contributed by atoms with Crippen LogP contribution >= 0.6 is 34.4 Å². The molecule has 9 heteroatoms. The molecule has 9 aromatic rings. The van der Waals surface area contributed by atoms with Crippen molar-refractivity contribution in [1.82, 2.24) is 8.75 Å². The van der Waals surface area contributed by atoms with E-state index in [1.54, 1.807) is 0 Å². The van der Waals surface area contributed by atoms with Crippen LogP contribution in [-0.4, -0.2) is 8.75 Å². The fraction of sp³-hybridized carbons (Fsp3) is 0. The maximum absolute atomic E-state index is 17.4. The third-order valence-electron chi connectivity index (χ3n) is 8.52. The maximum atomic E-state index is 17.4. The minimum Gasteiger partial charge on any atom is -0.457 e. The molecule has 0 unspecified atom stereocenters. The van der Waals surface area contributed by atoms with E-state index in [0.29, 0.717) is 38.5 Å². The number of benzene rings is 6. The van der Waals surface area contributed by atoms with Crippen LogP contribution in [0.5, 0.6) is 34.5 Å². The van der Waals surface area contributed by atoms with Gasteiger partial charge in [0, 0.05) is 30.6 Å². The average Bonchev–Trinajstić information content (AvgIpc) is 4.00. The van der Waals surface area contributed by atoms with Crippen LogP contribution in [0.2, 0.25) is 0 Å². The second-order valence-electron chi connectivity index (χ2n) is 11.9. The summed E-state index contributed by atoms with van der Waals surface area (Å²) in [6.45, 7) is 0. The van der Waals surface area contributed by atoms with Crippen molar-refractivity contribution < 1.29 is 18.6 Å². The van der Waals surface area contributed by atoms with E-state index in [-0.39, 0.29) is 5.75 Å². The maximum Gasteiger partial charge on any atom is 0.177 e. The Bertz CT molecular complexity index is 2670. The summed E-state index contributed by atoms with van der Waals surface area (Å²) < 4.78 is 45.8. The number of fused-ring (bicyclic) bond motifs is 1. The molecule has 0 aliphatic heterocycles. The van der Waals surface area contributed by atoms with E-state index in [1.165, 1.54) is 22.7 Å². The smallest absolute Gasteiger partial charge is 0.177 e. The lowest BCUT2D eigenvalue weighted by molar-refractivity contribution is 0.446. The Hall–Kier alpha value is -6.13. The van der Waals surface area contributed by atoms with Crippen molar-refractivity contribution >= 4 is 45.4 Å². The molecule has 0 radical (unpaired) electrons. The van der Waals surface area contributed by atoms with Crippen LogP contribution in [0.1, 0.15) is 0 Å². The Kier molecular flexibility index (Phi) is 8.95. The molecule has 9 rings (SSSR count). The average molecular weight is 747 g/mol. The van der Waals surface area contributed by atoms with E-state index in [4.69, 9.17) is 18.6 Å². The second kappa shape index (κ2) is 14.5. The fourth-order valence-corrected chi connectivity index (χ4v) is 8.81. The van der Waals surface area contributed by atoms with Gasteiger partial charge in [-0.3, -0.25) is 0 Å². The predicted octanol–water partition coefficient (Wildman–Crippen LogP) is 14.0. The molecule has 0 aliphatic rings. The largest absolute Gasteiger partial charge is 0.457 e. The van der Waals surface area contributed by atoms with E-state index in [0.717, 1.165) is 54.7 Å². The van der Waals surface area contributed by atoms with E-state index < -0.39 is 5.82 Å². The first-order valence-electron chi connectivity index (χ1n) is 16.8. The van der Waals surface area contributed by atoms with Gasteiger partial charge in [0.05, 0.1) is 22.9 Å². The van der Waals surface area contributed by atoms with Gasteiger partial charge in [-0.2, -0.15) is 8.75 Å². The van der Waals surface area contributed by atoms with Crippen LogP contribution in [0.25, 0.3) is 52.8 Å². The monoisotopic (exact) mass is 746 g/mol. The first-order valence-corrected chi connectivity index (χ1v) is 19.1. The molecular weight excluding hydrogens is 720 g/mol. The quantitative estimate of drug-likeness (QED) is 0.139. The van der Waals surface area contributed by atoms with Crippen molar-refractivity contribution in [3.05, 3.63) is 170 Å². The lowest BCUT2D eigenvalue weighted by Gasteiger charge is -2.15. The van der Waals surface area contributed by atoms with E-state index in [1.807, 2.05) is 164 Å². The van der Waals surface area contributed by atoms with Gasteiger partial charge in [0.25, 0.3) is 0 Å². The van der Waals surface area contributed by atoms with E-state index >= 15 is 4.39 Å². The number of thiophene rings is 2. The zero-order valence-corrected chi connectivity index (χ0v) is 30.3. The molecule has 53 heavy (non-hydrogen) atoms. The van der Waals surface area contributed by atoms with Crippen molar-refractivity contribution in [1.29, 1.82) is 0 Å². The summed E-state index contributed by atoms with van der Waals surface area (Å²) in [6.07, 6.45) is 0.